The number of hydrogen-bond acceptors (Lipinski definition) is 5. The van der Waals surface area contributed by atoms with Crippen LogP contribution in [0.3, 0.4) is 0 Å². The highest BCUT2D eigenvalue weighted by molar-refractivity contribution is 6.01. The number of carboxylic acid groups (broad SMARTS) is 1. The monoisotopic (exact) mass is 288 g/mol. The number of carbonyl (C=O) groups excluding carboxylic acids is 2. The first-order valence-corrected chi connectivity index (χ1v) is 6.13. The van der Waals surface area contributed by atoms with Gasteiger partial charge in [-0.3, -0.25) is 9.59 Å². The summed E-state index contributed by atoms with van der Waals surface area (Å²) in [6, 6.07) is 6.11. The molecule has 0 spiro atoms. The van der Waals surface area contributed by atoms with E-state index in [2.05, 4.69) is 4.74 Å². The molecule has 1 unspecified atom stereocenters. The number of carbonyl (C=O) groups is 3. The number of hydrogen-bond donors (Lipinski definition) is 1. The van der Waals surface area contributed by atoms with Gasteiger partial charge in [0, 0.05) is 13.0 Å². The van der Waals surface area contributed by atoms with Crippen LogP contribution < -0.4 is 4.90 Å². The van der Waals surface area contributed by atoms with Gasteiger partial charge in [0.2, 0.25) is 5.91 Å². The summed E-state index contributed by atoms with van der Waals surface area (Å²) in [7, 11) is 1.23. The number of anilines is 1. The van der Waals surface area contributed by atoms with Gasteiger partial charge < -0.3 is 14.7 Å². The third kappa shape index (κ3) is 2.69. The van der Waals surface area contributed by atoms with Crippen LogP contribution in [-0.4, -0.2) is 36.6 Å². The normalized spacial score (nSPS) is 17.4. The Morgan fingerprint density at radius 2 is 2.19 bits per heavy atom. The fourth-order valence-electron chi connectivity index (χ4n) is 2.21. The molecule has 1 aliphatic rings. The highest BCUT2D eigenvalue weighted by Crippen LogP contribution is 2.28. The van der Waals surface area contributed by atoms with Gasteiger partial charge in [-0.25, -0.2) is 4.79 Å². The van der Waals surface area contributed by atoms with Crippen LogP contribution in [0.1, 0.15) is 22.3 Å². The second-order valence-electron chi connectivity index (χ2n) is 4.58. The zero-order valence-corrected chi connectivity index (χ0v) is 11.2. The summed E-state index contributed by atoms with van der Waals surface area (Å²) in [5.41, 5.74) is 0.621. The molecule has 1 aromatic carbocycles. The summed E-state index contributed by atoms with van der Waals surface area (Å²) in [5.74, 6) is -2.78. The van der Waals surface area contributed by atoms with E-state index >= 15 is 0 Å². The molecule has 7 nitrogen and oxygen atoms in total. The topological polar surface area (TPSA) is 108 Å². The minimum absolute atomic E-state index is 0.0143. The molecule has 1 amide bonds. The average Bonchev–Trinajstić information content (AvgIpc) is 2.87. The van der Waals surface area contributed by atoms with Crippen molar-refractivity contribution < 1.29 is 24.2 Å². The van der Waals surface area contributed by atoms with Crippen LogP contribution in [0, 0.1) is 17.2 Å². The van der Waals surface area contributed by atoms with Crippen molar-refractivity contribution in [1.29, 1.82) is 5.26 Å². The Morgan fingerprint density at radius 1 is 1.48 bits per heavy atom. The maximum atomic E-state index is 11.9. The molecule has 7 heteroatoms. The molecule has 1 N–H and O–H groups in total. The van der Waals surface area contributed by atoms with E-state index < -0.39 is 17.9 Å². The molecular formula is C14H12N2O5. The first-order valence-electron chi connectivity index (χ1n) is 6.13. The van der Waals surface area contributed by atoms with E-state index in [9.17, 15) is 14.4 Å². The van der Waals surface area contributed by atoms with E-state index in [1.54, 1.807) is 0 Å². The number of esters is 1. The van der Waals surface area contributed by atoms with Gasteiger partial charge in [-0.2, -0.15) is 5.26 Å². The van der Waals surface area contributed by atoms with Crippen molar-refractivity contribution >= 4 is 23.5 Å². The van der Waals surface area contributed by atoms with Crippen molar-refractivity contribution in [2.75, 3.05) is 18.6 Å². The third-order valence-electron chi connectivity index (χ3n) is 3.30. The highest BCUT2D eigenvalue weighted by atomic mass is 16.5. The van der Waals surface area contributed by atoms with Crippen LogP contribution >= 0.6 is 0 Å². The summed E-state index contributed by atoms with van der Waals surface area (Å²) in [4.78, 5) is 35.5. The van der Waals surface area contributed by atoms with Gasteiger partial charge in [0.15, 0.2) is 0 Å². The molecule has 1 saturated heterocycles. The first kappa shape index (κ1) is 14.5. The summed E-state index contributed by atoms with van der Waals surface area (Å²) < 4.78 is 4.56. The molecule has 1 atom stereocenters. The lowest BCUT2D eigenvalue weighted by atomic mass is 10.1. The summed E-state index contributed by atoms with van der Waals surface area (Å²) in [6.07, 6.45) is -0.0983. The standard InChI is InChI=1S/C14H12N2O5/c1-21-14(20)8-2-3-11(9(4-8)6-15)16-7-10(13(18)19)5-12(16)17/h2-4,10H,5,7H2,1H3,(H,18,19). The number of ether oxygens (including phenoxy) is 1. The quantitative estimate of drug-likeness (QED) is 0.823. The number of rotatable bonds is 3. The average molecular weight is 288 g/mol. The molecule has 108 valence electrons. The smallest absolute Gasteiger partial charge is 0.337 e. The van der Waals surface area contributed by atoms with Crippen LogP contribution in [0.15, 0.2) is 18.2 Å². The van der Waals surface area contributed by atoms with E-state index in [4.69, 9.17) is 10.4 Å². The zero-order valence-electron chi connectivity index (χ0n) is 11.2. The summed E-state index contributed by atoms with van der Waals surface area (Å²) >= 11 is 0. The fourth-order valence-corrected chi connectivity index (χ4v) is 2.21. The van der Waals surface area contributed by atoms with E-state index in [1.807, 2.05) is 6.07 Å². The molecule has 0 radical (unpaired) electrons. The maximum absolute atomic E-state index is 11.9. The van der Waals surface area contributed by atoms with E-state index in [0.29, 0.717) is 5.69 Å². The first-order chi connectivity index (χ1) is 9.97. The lowest BCUT2D eigenvalue weighted by Gasteiger charge is -2.18. The summed E-state index contributed by atoms with van der Waals surface area (Å²) in [6.45, 7) is 0.0143. The molecule has 1 aliphatic heterocycles. The molecule has 1 heterocycles. The van der Waals surface area contributed by atoms with Crippen LogP contribution in [0.4, 0.5) is 5.69 Å². The molecule has 0 bridgehead atoms. The molecule has 2 rings (SSSR count). The fraction of sp³-hybridized carbons (Fsp3) is 0.286. The van der Waals surface area contributed by atoms with Gasteiger partial charge in [-0.1, -0.05) is 0 Å². The Labute approximate surface area is 120 Å². The Morgan fingerprint density at radius 3 is 2.71 bits per heavy atom. The minimum Gasteiger partial charge on any atom is -0.481 e. The molecule has 1 fully saturated rings. The van der Waals surface area contributed by atoms with Gasteiger partial charge in [0.1, 0.15) is 6.07 Å². The minimum atomic E-state index is -1.05. The van der Waals surface area contributed by atoms with E-state index in [1.165, 1.54) is 30.2 Å². The Balaban J connectivity index is 2.37. The van der Waals surface area contributed by atoms with Crippen LogP contribution in [0.2, 0.25) is 0 Å². The van der Waals surface area contributed by atoms with Crippen molar-refractivity contribution in [3.05, 3.63) is 29.3 Å². The van der Waals surface area contributed by atoms with Crippen molar-refractivity contribution in [2.24, 2.45) is 5.92 Å². The predicted octanol–water partition coefficient (Wildman–Crippen LogP) is 0.782. The molecule has 21 heavy (non-hydrogen) atoms. The second kappa shape index (κ2) is 5.63. The van der Waals surface area contributed by atoms with Crippen molar-refractivity contribution in [1.82, 2.24) is 0 Å². The SMILES string of the molecule is COC(=O)c1ccc(N2CC(C(=O)O)CC2=O)c(C#N)c1. The van der Waals surface area contributed by atoms with Crippen LogP contribution in [-0.2, 0) is 14.3 Å². The number of benzene rings is 1. The third-order valence-corrected chi connectivity index (χ3v) is 3.30. The molecule has 1 aromatic rings. The number of nitriles is 1. The number of nitrogens with zero attached hydrogens (tertiary/aromatic N) is 2. The predicted molar refractivity (Wildman–Crippen MR) is 70.6 cm³/mol. The van der Waals surface area contributed by atoms with Crippen molar-refractivity contribution in [3.8, 4) is 6.07 Å². The number of aliphatic carboxylic acids is 1. The van der Waals surface area contributed by atoms with Crippen molar-refractivity contribution in [2.45, 2.75) is 6.42 Å². The lowest BCUT2D eigenvalue weighted by Crippen LogP contribution is -2.26. The highest BCUT2D eigenvalue weighted by Gasteiger charge is 2.36. The summed E-state index contributed by atoms with van der Waals surface area (Å²) in [5, 5.41) is 18.1. The number of carboxylic acids is 1. The van der Waals surface area contributed by atoms with Gasteiger partial charge in [0.25, 0.3) is 0 Å². The van der Waals surface area contributed by atoms with Crippen LogP contribution in [0.5, 0.6) is 0 Å². The van der Waals surface area contributed by atoms with Crippen molar-refractivity contribution in [3.63, 3.8) is 0 Å². The molecular weight excluding hydrogens is 276 g/mol. The van der Waals surface area contributed by atoms with Gasteiger partial charge >= 0.3 is 11.9 Å². The second-order valence-corrected chi connectivity index (χ2v) is 4.58. The number of methoxy groups -OCH3 is 1. The molecule has 0 aromatic heterocycles. The Hall–Kier alpha value is -2.88. The Bertz CT molecular complexity index is 662. The molecule has 0 saturated carbocycles. The van der Waals surface area contributed by atoms with E-state index in [-0.39, 0.29) is 30.0 Å². The Kier molecular flexibility index (Phi) is 3.89. The van der Waals surface area contributed by atoms with Gasteiger partial charge in [-0.15, -0.1) is 0 Å². The van der Waals surface area contributed by atoms with Gasteiger partial charge in [-0.05, 0) is 18.2 Å². The molecule has 0 aliphatic carbocycles. The lowest BCUT2D eigenvalue weighted by molar-refractivity contribution is -0.141. The van der Waals surface area contributed by atoms with E-state index in [0.717, 1.165) is 0 Å². The van der Waals surface area contributed by atoms with Gasteiger partial charge in [0.05, 0.1) is 29.8 Å². The maximum Gasteiger partial charge on any atom is 0.337 e. The largest absolute Gasteiger partial charge is 0.481 e. The zero-order chi connectivity index (χ0) is 15.6. The van der Waals surface area contributed by atoms with Crippen LogP contribution in [0.25, 0.3) is 0 Å². The number of amides is 1.